The summed E-state index contributed by atoms with van der Waals surface area (Å²) in [6, 6.07) is 0. The normalized spacial score (nSPS) is 7.17. The van der Waals surface area contributed by atoms with Crippen LogP contribution in [0.1, 0.15) is 19.8 Å². The maximum atomic E-state index is 9.64. The van der Waals surface area contributed by atoms with Crippen LogP contribution in [0.2, 0.25) is 0 Å². The average Bonchev–Trinajstić information content (AvgIpc) is 1.85. The van der Waals surface area contributed by atoms with E-state index in [0.29, 0.717) is 0 Å². The first-order valence-electron chi connectivity index (χ1n) is 3.09. The van der Waals surface area contributed by atoms with Crippen LogP contribution in [0.25, 0.3) is 0 Å². The third kappa shape index (κ3) is 32.7. The zero-order valence-electron chi connectivity index (χ0n) is 6.28. The number of rotatable bonds is 3. The van der Waals surface area contributed by atoms with Gasteiger partial charge in [0.25, 0.3) is 0 Å². The van der Waals surface area contributed by atoms with Gasteiger partial charge in [-0.25, -0.2) is 0 Å². The topological polar surface area (TPSA) is 94.8 Å². The van der Waals surface area contributed by atoms with Gasteiger partial charge in [0.2, 0.25) is 0 Å². The van der Waals surface area contributed by atoms with Gasteiger partial charge in [0, 0.05) is 6.61 Å². The summed E-state index contributed by atoms with van der Waals surface area (Å²) >= 11 is 0. The van der Waals surface area contributed by atoms with Crippen LogP contribution in [0.15, 0.2) is 0 Å². The van der Waals surface area contributed by atoms with Gasteiger partial charge >= 0.3 is 41.5 Å². The number of hydrogen-bond acceptors (Lipinski definition) is 3. The number of aliphatic hydroxyl groups excluding tert-OH is 1. The van der Waals surface area contributed by atoms with Crippen LogP contribution in [0.4, 0.5) is 0 Å². The van der Waals surface area contributed by atoms with Crippen molar-refractivity contribution in [2.45, 2.75) is 19.8 Å². The molecule has 0 unspecified atom stereocenters. The second-order valence-corrected chi connectivity index (χ2v) is 1.60. The Labute approximate surface area is 92.7 Å². The Balaban J connectivity index is -0.000000177. The molecule has 0 spiro atoms. The monoisotopic (exact) mass is 188 g/mol. The predicted octanol–water partition coefficient (Wildman–Crippen LogP) is -0.714. The van der Waals surface area contributed by atoms with E-state index in [9.17, 15) is 9.59 Å². The Morgan fingerprint density at radius 1 is 1.08 bits per heavy atom. The molecule has 6 heteroatoms. The first-order chi connectivity index (χ1) is 5.04. The molecule has 0 atom stereocenters. The molecule has 0 bridgehead atoms. The summed E-state index contributed by atoms with van der Waals surface area (Å²) in [7, 11) is 0. The summed E-state index contributed by atoms with van der Waals surface area (Å²) in [6.45, 7) is 1.93. The van der Waals surface area contributed by atoms with Gasteiger partial charge in [-0.15, -0.1) is 0 Å². The summed E-state index contributed by atoms with van der Waals surface area (Å²) in [5.41, 5.74) is 0. The number of carbonyl (C=O) groups is 2. The number of hydrogen-bond donors (Lipinski definition) is 3. The molecule has 12 heavy (non-hydrogen) atoms. The third-order valence-electron chi connectivity index (χ3n) is 0.553. The number of aliphatic carboxylic acids is 2. The van der Waals surface area contributed by atoms with Crippen LogP contribution >= 0.6 is 0 Å². The third-order valence-corrected chi connectivity index (χ3v) is 0.553. The minimum absolute atomic E-state index is 0. The molecule has 3 N–H and O–H groups in total. The number of carboxylic acid groups (broad SMARTS) is 2. The van der Waals surface area contributed by atoms with E-state index in [1.807, 2.05) is 0 Å². The fourth-order valence-corrected chi connectivity index (χ4v) is 0.214. The van der Waals surface area contributed by atoms with Crippen molar-refractivity contribution in [2.75, 3.05) is 6.61 Å². The maximum absolute atomic E-state index is 9.64. The second-order valence-electron chi connectivity index (χ2n) is 1.60. The molecule has 0 saturated carbocycles. The van der Waals surface area contributed by atoms with Crippen molar-refractivity contribution >= 4 is 41.5 Å². The average molecular weight is 188 g/mol. The van der Waals surface area contributed by atoms with Crippen molar-refractivity contribution in [3.63, 3.8) is 0 Å². The van der Waals surface area contributed by atoms with E-state index in [1.54, 1.807) is 6.92 Å². The molecule has 0 radical (unpaired) electrons. The molecule has 0 fully saturated rings. The van der Waals surface area contributed by atoms with Crippen LogP contribution in [-0.2, 0) is 9.59 Å². The van der Waals surface area contributed by atoms with Crippen molar-refractivity contribution in [3.05, 3.63) is 0 Å². The summed E-state index contributed by atoms with van der Waals surface area (Å²) in [4.78, 5) is 19.3. The van der Waals surface area contributed by atoms with Crippen LogP contribution in [0.3, 0.4) is 0 Å². The van der Waals surface area contributed by atoms with Gasteiger partial charge in [0.15, 0.2) is 0 Å². The van der Waals surface area contributed by atoms with Gasteiger partial charge in [-0.1, -0.05) is 0 Å². The van der Waals surface area contributed by atoms with E-state index in [0.717, 1.165) is 0 Å². The van der Waals surface area contributed by atoms with Crippen LogP contribution in [0, 0.1) is 0 Å². The van der Waals surface area contributed by atoms with Crippen molar-refractivity contribution in [1.82, 2.24) is 0 Å². The molecule has 0 amide bonds. The van der Waals surface area contributed by atoms with Crippen LogP contribution < -0.4 is 0 Å². The van der Waals surface area contributed by atoms with E-state index in [1.165, 1.54) is 0 Å². The van der Waals surface area contributed by atoms with Crippen molar-refractivity contribution in [1.29, 1.82) is 0 Å². The molecule has 0 aromatic carbocycles. The summed E-state index contributed by atoms with van der Waals surface area (Å²) in [5.74, 6) is -2.15. The summed E-state index contributed by atoms with van der Waals surface area (Å²) in [5, 5.41) is 23.4. The van der Waals surface area contributed by atoms with E-state index < -0.39 is 11.9 Å². The first-order valence-corrected chi connectivity index (χ1v) is 3.09. The Morgan fingerprint density at radius 2 is 1.25 bits per heavy atom. The van der Waals surface area contributed by atoms with E-state index in [2.05, 4.69) is 0 Å². The molecule has 0 heterocycles. The minimum atomic E-state index is -1.08. The van der Waals surface area contributed by atoms with Crippen molar-refractivity contribution in [2.24, 2.45) is 0 Å². The number of aliphatic hydroxyl groups is 1. The molecule has 0 aromatic heterocycles. The van der Waals surface area contributed by atoms with Gasteiger partial charge in [0.1, 0.15) is 0 Å². The van der Waals surface area contributed by atoms with E-state index in [4.69, 9.17) is 15.3 Å². The van der Waals surface area contributed by atoms with Crippen LogP contribution in [-0.4, -0.2) is 63.4 Å². The van der Waals surface area contributed by atoms with Gasteiger partial charge in [-0.2, -0.15) is 0 Å². The van der Waals surface area contributed by atoms with Crippen LogP contribution in [0.5, 0.6) is 0 Å². The molecule has 0 rings (SSSR count). The van der Waals surface area contributed by atoms with Gasteiger partial charge in [0.05, 0.1) is 12.8 Å². The molecule has 0 saturated heterocycles. The van der Waals surface area contributed by atoms with E-state index >= 15 is 0 Å². The summed E-state index contributed by atoms with van der Waals surface area (Å²) in [6.07, 6.45) is -0.593. The van der Waals surface area contributed by atoms with Gasteiger partial charge in [-0.05, 0) is 6.92 Å². The molecule has 0 aliphatic carbocycles. The van der Waals surface area contributed by atoms with Gasteiger partial charge < -0.3 is 15.3 Å². The van der Waals surface area contributed by atoms with Gasteiger partial charge in [-0.3, -0.25) is 9.59 Å². The van der Waals surface area contributed by atoms with E-state index in [-0.39, 0.29) is 49.0 Å². The molecular weight excluding hydrogens is 175 g/mol. The molecule has 5 nitrogen and oxygen atoms in total. The molecule has 0 aromatic rings. The van der Waals surface area contributed by atoms with Crippen molar-refractivity contribution in [3.8, 4) is 0 Å². The fraction of sp³-hybridized carbons (Fsp3) is 0.667. The fourth-order valence-electron chi connectivity index (χ4n) is 0.214. The Morgan fingerprint density at radius 3 is 1.33 bits per heavy atom. The first kappa shape index (κ1) is 17.8. The molecule has 0 aliphatic rings. The SMILES string of the molecule is CCO.O=C(O)CCC(=O)O.[NaH]. The Bertz CT molecular complexity index is 111. The van der Waals surface area contributed by atoms with Crippen molar-refractivity contribution < 1.29 is 24.9 Å². The predicted molar refractivity (Wildman–Crippen MR) is 44.4 cm³/mol. The standard InChI is InChI=1S/C4H6O4.C2H6O.Na.H/c5-3(6)1-2-4(7)8;1-2-3;;/h1-2H2,(H,5,6)(H,7,8);3H,2H2,1H3;;. The molecular formula is C6H13NaO5. The zero-order valence-corrected chi connectivity index (χ0v) is 6.28. The Kier molecular flexibility index (Phi) is 20.1. The Hall–Kier alpha value is -0.100. The quantitative estimate of drug-likeness (QED) is 0.508. The number of carboxylic acids is 2. The molecule has 68 valence electrons. The summed E-state index contributed by atoms with van der Waals surface area (Å²) < 4.78 is 0. The second kappa shape index (κ2) is 13.5. The molecule has 0 aliphatic heterocycles. The zero-order chi connectivity index (χ0) is 9.28.